The minimum Gasteiger partial charge on any atom is -0.488 e. The fourth-order valence-corrected chi connectivity index (χ4v) is 4.22. The first-order valence-corrected chi connectivity index (χ1v) is 10.9. The standard InChI is InChI=1S/C25H19Cl2N3O2/c26-17-7-5-16(21(27)11-17)14-32-24-10-6-15-3-1-2-4-19(15)20(24)13-28-18-8-9-22-23(12-18)30-25(31)29-22/h1-12,28H,13-14H2,(H2,29,30,31). The van der Waals surface area contributed by atoms with Gasteiger partial charge in [-0.05, 0) is 47.2 Å². The van der Waals surface area contributed by atoms with Gasteiger partial charge < -0.3 is 20.0 Å². The Morgan fingerprint density at radius 2 is 1.72 bits per heavy atom. The molecule has 0 saturated carbocycles. The number of imidazole rings is 1. The van der Waals surface area contributed by atoms with Crippen LogP contribution in [0.15, 0.2) is 77.6 Å². The van der Waals surface area contributed by atoms with Crippen molar-refractivity contribution in [1.82, 2.24) is 9.97 Å². The second-order valence-corrected chi connectivity index (χ2v) is 8.32. The number of hydrogen-bond donors (Lipinski definition) is 3. The number of fused-ring (bicyclic) bond motifs is 2. The Balaban J connectivity index is 1.44. The number of H-pyrrole nitrogens is 2. The van der Waals surface area contributed by atoms with Gasteiger partial charge in [0, 0.05) is 33.4 Å². The summed E-state index contributed by atoms with van der Waals surface area (Å²) in [5.41, 5.74) is 4.11. The molecular formula is C25H19Cl2N3O2. The highest BCUT2D eigenvalue weighted by Gasteiger charge is 2.11. The topological polar surface area (TPSA) is 69.9 Å². The molecule has 0 aliphatic carbocycles. The molecule has 0 spiro atoms. The van der Waals surface area contributed by atoms with E-state index in [1.165, 1.54) is 0 Å². The molecule has 0 saturated heterocycles. The van der Waals surface area contributed by atoms with Gasteiger partial charge in [-0.15, -0.1) is 0 Å². The SMILES string of the molecule is O=c1[nH]c2ccc(NCc3c(OCc4ccc(Cl)cc4Cl)ccc4ccccc34)cc2[nH]1. The summed E-state index contributed by atoms with van der Waals surface area (Å²) in [4.78, 5) is 17.1. The highest BCUT2D eigenvalue weighted by atomic mass is 35.5. The summed E-state index contributed by atoms with van der Waals surface area (Å²) in [6, 6.07) is 23.3. The summed E-state index contributed by atoms with van der Waals surface area (Å²) in [7, 11) is 0. The predicted octanol–water partition coefficient (Wildman–Crippen LogP) is 6.51. The number of ether oxygens (including phenoxy) is 1. The Labute approximate surface area is 193 Å². The molecule has 7 heteroatoms. The summed E-state index contributed by atoms with van der Waals surface area (Å²) in [6.07, 6.45) is 0. The fraction of sp³-hybridized carbons (Fsp3) is 0.0800. The molecule has 4 aromatic carbocycles. The third-order valence-electron chi connectivity index (χ3n) is 5.38. The second kappa shape index (κ2) is 8.61. The zero-order valence-electron chi connectivity index (χ0n) is 16.9. The van der Waals surface area contributed by atoms with Crippen molar-refractivity contribution in [3.63, 3.8) is 0 Å². The van der Waals surface area contributed by atoms with E-state index in [0.29, 0.717) is 23.2 Å². The molecule has 0 amide bonds. The van der Waals surface area contributed by atoms with Crippen LogP contribution in [0, 0.1) is 0 Å². The van der Waals surface area contributed by atoms with Crippen molar-refractivity contribution in [3.8, 4) is 5.75 Å². The molecule has 1 heterocycles. The molecule has 0 aliphatic rings. The molecule has 32 heavy (non-hydrogen) atoms. The Bertz CT molecular complexity index is 1490. The maximum Gasteiger partial charge on any atom is 0.323 e. The van der Waals surface area contributed by atoms with Gasteiger partial charge in [0.15, 0.2) is 0 Å². The van der Waals surface area contributed by atoms with E-state index >= 15 is 0 Å². The van der Waals surface area contributed by atoms with E-state index in [2.05, 4.69) is 27.4 Å². The minimum absolute atomic E-state index is 0.220. The molecule has 160 valence electrons. The van der Waals surface area contributed by atoms with E-state index in [-0.39, 0.29) is 5.69 Å². The fourth-order valence-electron chi connectivity index (χ4n) is 3.76. The zero-order valence-corrected chi connectivity index (χ0v) is 18.4. The Hall–Kier alpha value is -3.41. The van der Waals surface area contributed by atoms with Crippen molar-refractivity contribution in [2.24, 2.45) is 0 Å². The van der Waals surface area contributed by atoms with Gasteiger partial charge in [0.25, 0.3) is 0 Å². The smallest absolute Gasteiger partial charge is 0.323 e. The van der Waals surface area contributed by atoms with E-state index < -0.39 is 0 Å². The molecule has 1 aromatic heterocycles. The molecule has 0 aliphatic heterocycles. The van der Waals surface area contributed by atoms with Gasteiger partial charge in [-0.3, -0.25) is 0 Å². The van der Waals surface area contributed by atoms with Crippen LogP contribution in [0.3, 0.4) is 0 Å². The van der Waals surface area contributed by atoms with Gasteiger partial charge in [-0.2, -0.15) is 0 Å². The van der Waals surface area contributed by atoms with E-state index in [4.69, 9.17) is 27.9 Å². The van der Waals surface area contributed by atoms with Crippen LogP contribution in [-0.4, -0.2) is 9.97 Å². The lowest BCUT2D eigenvalue weighted by Gasteiger charge is -2.16. The average Bonchev–Trinajstić information content (AvgIpc) is 3.16. The van der Waals surface area contributed by atoms with Gasteiger partial charge in [0.2, 0.25) is 0 Å². The van der Waals surface area contributed by atoms with Gasteiger partial charge in [-0.1, -0.05) is 59.6 Å². The van der Waals surface area contributed by atoms with Gasteiger partial charge in [0.1, 0.15) is 12.4 Å². The number of halogens is 2. The van der Waals surface area contributed by atoms with Crippen LogP contribution in [0.1, 0.15) is 11.1 Å². The minimum atomic E-state index is -0.220. The molecule has 5 nitrogen and oxygen atoms in total. The summed E-state index contributed by atoms with van der Waals surface area (Å²) in [5.74, 6) is 0.776. The average molecular weight is 464 g/mol. The third kappa shape index (κ3) is 4.17. The maximum absolute atomic E-state index is 11.5. The van der Waals surface area contributed by atoms with Crippen LogP contribution in [-0.2, 0) is 13.2 Å². The Morgan fingerprint density at radius 1 is 0.875 bits per heavy atom. The van der Waals surface area contributed by atoms with Crippen LogP contribution in [0.5, 0.6) is 5.75 Å². The predicted molar refractivity (Wildman–Crippen MR) is 131 cm³/mol. The van der Waals surface area contributed by atoms with Gasteiger partial charge in [0.05, 0.1) is 11.0 Å². The first kappa shape index (κ1) is 20.5. The molecule has 5 aromatic rings. The van der Waals surface area contributed by atoms with Crippen LogP contribution < -0.4 is 15.7 Å². The number of hydrogen-bond acceptors (Lipinski definition) is 3. The van der Waals surface area contributed by atoms with Crippen molar-refractivity contribution in [3.05, 3.63) is 104 Å². The number of benzene rings is 4. The lowest BCUT2D eigenvalue weighted by molar-refractivity contribution is 0.304. The molecule has 0 atom stereocenters. The van der Waals surface area contributed by atoms with Gasteiger partial charge >= 0.3 is 5.69 Å². The number of anilines is 1. The highest BCUT2D eigenvalue weighted by Crippen LogP contribution is 2.31. The Morgan fingerprint density at radius 3 is 2.59 bits per heavy atom. The number of rotatable bonds is 6. The lowest BCUT2D eigenvalue weighted by atomic mass is 10.0. The largest absolute Gasteiger partial charge is 0.488 e. The molecule has 0 unspecified atom stereocenters. The molecule has 0 bridgehead atoms. The summed E-state index contributed by atoms with van der Waals surface area (Å²) in [5, 5.41) is 6.86. The lowest BCUT2D eigenvalue weighted by Crippen LogP contribution is -2.05. The van der Waals surface area contributed by atoms with Crippen molar-refractivity contribution in [2.75, 3.05) is 5.32 Å². The highest BCUT2D eigenvalue weighted by molar-refractivity contribution is 6.35. The van der Waals surface area contributed by atoms with Crippen molar-refractivity contribution >= 4 is 50.7 Å². The number of aromatic nitrogens is 2. The van der Waals surface area contributed by atoms with Crippen LogP contribution in [0.4, 0.5) is 5.69 Å². The molecule has 0 fully saturated rings. The number of nitrogens with one attached hydrogen (secondary N) is 3. The van der Waals surface area contributed by atoms with Crippen molar-refractivity contribution < 1.29 is 4.74 Å². The monoisotopic (exact) mass is 463 g/mol. The quantitative estimate of drug-likeness (QED) is 0.268. The van der Waals surface area contributed by atoms with Crippen LogP contribution >= 0.6 is 23.2 Å². The number of aromatic amines is 2. The summed E-state index contributed by atoms with van der Waals surface area (Å²) >= 11 is 12.3. The summed E-state index contributed by atoms with van der Waals surface area (Å²) < 4.78 is 6.19. The van der Waals surface area contributed by atoms with E-state index in [0.717, 1.165) is 44.4 Å². The summed E-state index contributed by atoms with van der Waals surface area (Å²) in [6.45, 7) is 0.878. The molecule has 0 radical (unpaired) electrons. The van der Waals surface area contributed by atoms with Crippen LogP contribution in [0.25, 0.3) is 21.8 Å². The van der Waals surface area contributed by atoms with Crippen molar-refractivity contribution in [1.29, 1.82) is 0 Å². The second-order valence-electron chi connectivity index (χ2n) is 7.48. The first-order chi connectivity index (χ1) is 15.6. The van der Waals surface area contributed by atoms with Crippen LogP contribution in [0.2, 0.25) is 10.0 Å². The third-order valence-corrected chi connectivity index (χ3v) is 5.97. The molecule has 5 rings (SSSR count). The van der Waals surface area contributed by atoms with Crippen molar-refractivity contribution in [2.45, 2.75) is 13.2 Å². The first-order valence-electron chi connectivity index (χ1n) is 10.1. The van der Waals surface area contributed by atoms with E-state index in [1.54, 1.807) is 12.1 Å². The zero-order chi connectivity index (χ0) is 22.1. The van der Waals surface area contributed by atoms with E-state index in [1.807, 2.05) is 48.5 Å². The normalized spacial score (nSPS) is 11.2. The maximum atomic E-state index is 11.5. The van der Waals surface area contributed by atoms with E-state index in [9.17, 15) is 4.79 Å². The Kier molecular flexibility index (Phi) is 5.52. The molecule has 3 N–H and O–H groups in total. The van der Waals surface area contributed by atoms with Gasteiger partial charge in [-0.25, -0.2) is 4.79 Å². The molecular weight excluding hydrogens is 445 g/mol.